The molecular formula is C34H31BN2O2. The van der Waals surface area contributed by atoms with E-state index in [2.05, 4.69) is 107 Å². The number of benzene rings is 4. The zero-order valence-corrected chi connectivity index (χ0v) is 22.8. The van der Waals surface area contributed by atoms with Gasteiger partial charge in [0.15, 0.2) is 5.82 Å². The maximum absolute atomic E-state index is 6.30. The summed E-state index contributed by atoms with van der Waals surface area (Å²) in [6, 6.07) is 39.4. The smallest absolute Gasteiger partial charge is 0.399 e. The van der Waals surface area contributed by atoms with Gasteiger partial charge in [-0.1, -0.05) is 103 Å². The second kappa shape index (κ2) is 9.92. The van der Waals surface area contributed by atoms with Crippen molar-refractivity contribution in [1.82, 2.24) is 9.97 Å². The van der Waals surface area contributed by atoms with E-state index in [0.717, 1.165) is 44.7 Å². The van der Waals surface area contributed by atoms with Crippen LogP contribution in [0.2, 0.25) is 0 Å². The van der Waals surface area contributed by atoms with Gasteiger partial charge in [-0.05, 0) is 56.4 Å². The largest absolute Gasteiger partial charge is 0.494 e. The minimum absolute atomic E-state index is 0.384. The first-order chi connectivity index (χ1) is 18.8. The minimum atomic E-state index is -0.405. The highest BCUT2D eigenvalue weighted by atomic mass is 16.7. The standard InChI is InChI=1S/C34H31BN2O2/c1-33(2)34(3,4)39-35(38-33)29-20-12-18-27(22-29)26-17-11-19-28(21-26)32-36-30(24-13-7-5-8-14-24)23-31(37-32)25-15-9-6-10-16-25/h5-23H,1-4H3. The second-order valence-corrected chi connectivity index (χ2v) is 11.0. The molecule has 0 N–H and O–H groups in total. The van der Waals surface area contributed by atoms with Gasteiger partial charge in [-0.15, -0.1) is 0 Å². The molecule has 1 saturated heterocycles. The molecule has 5 aromatic rings. The molecule has 1 aliphatic heterocycles. The zero-order valence-electron chi connectivity index (χ0n) is 22.8. The van der Waals surface area contributed by atoms with E-state index in [9.17, 15) is 0 Å². The molecule has 192 valence electrons. The maximum atomic E-state index is 6.30. The van der Waals surface area contributed by atoms with Crippen molar-refractivity contribution < 1.29 is 9.31 Å². The molecule has 5 heteroatoms. The summed E-state index contributed by atoms with van der Waals surface area (Å²) in [5.74, 6) is 0.694. The molecule has 0 amide bonds. The fraction of sp³-hybridized carbons (Fsp3) is 0.176. The number of hydrogen-bond acceptors (Lipinski definition) is 4. The van der Waals surface area contributed by atoms with Gasteiger partial charge in [0.05, 0.1) is 22.6 Å². The molecule has 0 radical (unpaired) electrons. The highest BCUT2D eigenvalue weighted by Gasteiger charge is 2.51. The van der Waals surface area contributed by atoms with E-state index in [1.165, 1.54) is 0 Å². The first kappa shape index (κ1) is 25.2. The Morgan fingerprint density at radius 2 is 0.949 bits per heavy atom. The molecule has 0 aliphatic carbocycles. The van der Waals surface area contributed by atoms with Crippen LogP contribution in [0.3, 0.4) is 0 Å². The summed E-state index contributed by atoms with van der Waals surface area (Å²) in [5.41, 5.74) is 7.28. The van der Waals surface area contributed by atoms with Crippen LogP contribution in [0.1, 0.15) is 27.7 Å². The topological polar surface area (TPSA) is 44.2 Å². The number of nitrogens with zero attached hydrogens (tertiary/aromatic N) is 2. The molecule has 0 atom stereocenters. The van der Waals surface area contributed by atoms with Gasteiger partial charge in [0, 0.05) is 16.7 Å². The van der Waals surface area contributed by atoms with E-state index in [1.807, 2.05) is 36.4 Å². The summed E-state index contributed by atoms with van der Waals surface area (Å²) in [5, 5.41) is 0. The predicted molar refractivity (Wildman–Crippen MR) is 159 cm³/mol. The predicted octanol–water partition coefficient (Wildman–Crippen LogP) is 7.44. The molecule has 4 nitrogen and oxygen atoms in total. The monoisotopic (exact) mass is 510 g/mol. The lowest BCUT2D eigenvalue weighted by molar-refractivity contribution is 0.00578. The summed E-state index contributed by atoms with van der Waals surface area (Å²) >= 11 is 0. The van der Waals surface area contributed by atoms with Crippen LogP contribution >= 0.6 is 0 Å². The van der Waals surface area contributed by atoms with Crippen molar-refractivity contribution in [3.63, 3.8) is 0 Å². The van der Waals surface area contributed by atoms with E-state index >= 15 is 0 Å². The molecule has 0 saturated carbocycles. The highest BCUT2D eigenvalue weighted by Crippen LogP contribution is 2.37. The molecule has 6 rings (SSSR count). The Kier molecular flexibility index (Phi) is 6.42. The summed E-state index contributed by atoms with van der Waals surface area (Å²) in [6.07, 6.45) is 0. The fourth-order valence-electron chi connectivity index (χ4n) is 4.77. The normalized spacial score (nSPS) is 15.8. The lowest BCUT2D eigenvalue weighted by Gasteiger charge is -2.32. The van der Waals surface area contributed by atoms with Gasteiger partial charge in [-0.3, -0.25) is 0 Å². The van der Waals surface area contributed by atoms with Gasteiger partial charge in [0.2, 0.25) is 0 Å². The number of rotatable bonds is 5. The van der Waals surface area contributed by atoms with Crippen LogP contribution < -0.4 is 5.46 Å². The molecule has 0 spiro atoms. The lowest BCUT2D eigenvalue weighted by atomic mass is 9.78. The van der Waals surface area contributed by atoms with Gasteiger partial charge in [0.1, 0.15) is 0 Å². The molecule has 1 fully saturated rings. The van der Waals surface area contributed by atoms with Crippen LogP contribution in [0.4, 0.5) is 0 Å². The van der Waals surface area contributed by atoms with Gasteiger partial charge in [-0.25, -0.2) is 9.97 Å². The Balaban J connectivity index is 1.39. The molecule has 2 heterocycles. The zero-order chi connectivity index (χ0) is 27.0. The van der Waals surface area contributed by atoms with E-state index in [-0.39, 0.29) is 11.2 Å². The van der Waals surface area contributed by atoms with Gasteiger partial charge in [-0.2, -0.15) is 0 Å². The summed E-state index contributed by atoms with van der Waals surface area (Å²) in [6.45, 7) is 8.31. The molecule has 4 aromatic carbocycles. The van der Waals surface area contributed by atoms with Crippen molar-refractivity contribution in [3.8, 4) is 45.0 Å². The first-order valence-electron chi connectivity index (χ1n) is 13.4. The fourth-order valence-corrected chi connectivity index (χ4v) is 4.77. The molecule has 0 bridgehead atoms. The maximum Gasteiger partial charge on any atom is 0.494 e. The van der Waals surface area contributed by atoms with Crippen LogP contribution in [0, 0.1) is 0 Å². The van der Waals surface area contributed by atoms with Crippen molar-refractivity contribution in [3.05, 3.63) is 115 Å². The van der Waals surface area contributed by atoms with E-state index in [1.54, 1.807) is 0 Å². The molecule has 0 unspecified atom stereocenters. The molecule has 39 heavy (non-hydrogen) atoms. The summed E-state index contributed by atoms with van der Waals surface area (Å²) < 4.78 is 12.6. The van der Waals surface area contributed by atoms with Gasteiger partial charge in [0.25, 0.3) is 0 Å². The second-order valence-electron chi connectivity index (χ2n) is 11.0. The highest BCUT2D eigenvalue weighted by molar-refractivity contribution is 6.62. The van der Waals surface area contributed by atoms with Crippen LogP contribution in [0.5, 0.6) is 0 Å². The van der Waals surface area contributed by atoms with Gasteiger partial charge >= 0.3 is 7.12 Å². The van der Waals surface area contributed by atoms with Crippen molar-refractivity contribution >= 4 is 12.6 Å². The Bertz CT molecular complexity index is 1540. The van der Waals surface area contributed by atoms with Crippen LogP contribution in [-0.2, 0) is 9.31 Å². The Morgan fingerprint density at radius 3 is 1.51 bits per heavy atom. The van der Waals surface area contributed by atoms with Crippen LogP contribution in [0.25, 0.3) is 45.0 Å². The Morgan fingerprint density at radius 1 is 0.487 bits per heavy atom. The van der Waals surface area contributed by atoms with Crippen LogP contribution in [0.15, 0.2) is 115 Å². The average molecular weight is 510 g/mol. The third kappa shape index (κ3) is 5.03. The number of aromatic nitrogens is 2. The molecule has 1 aromatic heterocycles. The van der Waals surface area contributed by atoms with Crippen LogP contribution in [-0.4, -0.2) is 28.3 Å². The summed E-state index contributed by atoms with van der Waals surface area (Å²) in [4.78, 5) is 9.99. The average Bonchev–Trinajstić information content (AvgIpc) is 3.20. The van der Waals surface area contributed by atoms with E-state index in [4.69, 9.17) is 19.3 Å². The van der Waals surface area contributed by atoms with Crippen molar-refractivity contribution in [2.24, 2.45) is 0 Å². The third-order valence-electron chi connectivity index (χ3n) is 7.73. The molecule has 1 aliphatic rings. The molecular weight excluding hydrogens is 479 g/mol. The third-order valence-corrected chi connectivity index (χ3v) is 7.73. The van der Waals surface area contributed by atoms with E-state index < -0.39 is 7.12 Å². The summed E-state index contributed by atoms with van der Waals surface area (Å²) in [7, 11) is -0.405. The number of hydrogen-bond donors (Lipinski definition) is 0. The quantitative estimate of drug-likeness (QED) is 0.231. The van der Waals surface area contributed by atoms with Crippen molar-refractivity contribution in [2.75, 3.05) is 0 Å². The van der Waals surface area contributed by atoms with Crippen molar-refractivity contribution in [1.29, 1.82) is 0 Å². The first-order valence-corrected chi connectivity index (χ1v) is 13.4. The lowest BCUT2D eigenvalue weighted by Crippen LogP contribution is -2.41. The van der Waals surface area contributed by atoms with Gasteiger partial charge < -0.3 is 9.31 Å². The van der Waals surface area contributed by atoms with Crippen molar-refractivity contribution in [2.45, 2.75) is 38.9 Å². The Hall–Kier alpha value is -4.06. The SMILES string of the molecule is CC1(C)OB(c2cccc(-c3cccc(-c4nc(-c5ccccc5)cc(-c5ccccc5)n4)c3)c2)OC1(C)C. The Labute approximate surface area is 230 Å². The minimum Gasteiger partial charge on any atom is -0.399 e. The van der Waals surface area contributed by atoms with E-state index in [0.29, 0.717) is 5.82 Å².